The van der Waals surface area contributed by atoms with E-state index in [0.717, 1.165) is 0 Å². The van der Waals surface area contributed by atoms with E-state index in [1.807, 2.05) is 0 Å². The predicted octanol–water partition coefficient (Wildman–Crippen LogP) is 2.45. The lowest BCUT2D eigenvalue weighted by Gasteiger charge is -2.19. The maximum atomic E-state index is 14.6. The van der Waals surface area contributed by atoms with Crippen molar-refractivity contribution in [1.29, 1.82) is 0 Å². The number of aromatic amines is 1. The highest BCUT2D eigenvalue weighted by Gasteiger charge is 2.21. The lowest BCUT2D eigenvalue weighted by atomic mass is 10.1. The van der Waals surface area contributed by atoms with E-state index in [0.29, 0.717) is 23.3 Å². The summed E-state index contributed by atoms with van der Waals surface area (Å²) in [5.41, 5.74) is -0.698. The maximum absolute atomic E-state index is 14.6. The van der Waals surface area contributed by atoms with E-state index >= 15 is 0 Å². The third-order valence-electron chi connectivity index (χ3n) is 5.44. The number of halogens is 1. The van der Waals surface area contributed by atoms with Crippen molar-refractivity contribution in [3.8, 4) is 11.4 Å². The van der Waals surface area contributed by atoms with E-state index in [1.54, 1.807) is 31.2 Å². The number of carbonyl (C=O) groups excluding carboxylic acids is 1. The first kappa shape index (κ1) is 22.7. The Morgan fingerprint density at radius 3 is 2.59 bits per heavy atom. The number of rotatable bonds is 6. The van der Waals surface area contributed by atoms with Crippen LogP contribution in [-0.2, 0) is 11.8 Å². The summed E-state index contributed by atoms with van der Waals surface area (Å²) in [5, 5.41) is 2.84. The summed E-state index contributed by atoms with van der Waals surface area (Å²) in [7, 11) is 1.45. The Labute approximate surface area is 192 Å². The van der Waals surface area contributed by atoms with E-state index in [9.17, 15) is 23.6 Å². The van der Waals surface area contributed by atoms with Gasteiger partial charge in [-0.3, -0.25) is 28.5 Å². The lowest BCUT2D eigenvalue weighted by Crippen LogP contribution is -2.34. The summed E-state index contributed by atoms with van der Waals surface area (Å²) < 4.78 is 22.3. The average Bonchev–Trinajstić information content (AvgIpc) is 2.80. The van der Waals surface area contributed by atoms with Crippen LogP contribution in [0.15, 0.2) is 56.8 Å². The van der Waals surface area contributed by atoms with Gasteiger partial charge in [0.25, 0.3) is 11.1 Å². The molecule has 174 valence electrons. The van der Waals surface area contributed by atoms with Gasteiger partial charge in [0.1, 0.15) is 29.4 Å². The minimum atomic E-state index is -0.770. The number of aldehydes is 1. The van der Waals surface area contributed by atoms with Crippen LogP contribution in [-0.4, -0.2) is 27.0 Å². The zero-order valence-electron chi connectivity index (χ0n) is 18.6. The number of aromatic nitrogens is 3. The number of fused-ring (bicyclic) bond motifs is 1. The number of nitrogens with one attached hydrogen (secondary N) is 2. The Bertz CT molecular complexity index is 1620. The average molecular weight is 464 g/mol. The van der Waals surface area contributed by atoms with Crippen LogP contribution in [0, 0.1) is 19.7 Å². The number of ether oxygens (including phenoxy) is 1. The standard InChI is InChI=1S/C24H21FN4O5/c1-13-7-8-18(17(25)11-13)26-21-19-20(14(2)23(32)28(21)3)29(24(33)27-22(19)31)15-5-4-6-16(12-15)34-10-9-30/h4-9,11-12,26H,10H2,1-3H3,(H,27,31,33). The Balaban J connectivity index is 2.06. The van der Waals surface area contributed by atoms with Gasteiger partial charge in [0.15, 0.2) is 6.29 Å². The quantitative estimate of drug-likeness (QED) is 0.424. The molecule has 0 atom stereocenters. The highest BCUT2D eigenvalue weighted by Crippen LogP contribution is 2.27. The van der Waals surface area contributed by atoms with Crippen molar-refractivity contribution in [2.75, 3.05) is 11.9 Å². The number of aryl methyl sites for hydroxylation is 2. The fourth-order valence-corrected chi connectivity index (χ4v) is 3.82. The SMILES string of the molecule is Cc1ccc(Nc2c3c(=O)[nH]c(=O)n(-c4cccc(OCC=O)c4)c3c(C)c(=O)n2C)c(F)c1. The highest BCUT2D eigenvalue weighted by molar-refractivity contribution is 5.93. The van der Waals surface area contributed by atoms with Crippen LogP contribution in [0.1, 0.15) is 11.1 Å². The molecular weight excluding hydrogens is 443 g/mol. The van der Waals surface area contributed by atoms with Crippen molar-refractivity contribution in [2.45, 2.75) is 13.8 Å². The molecule has 4 rings (SSSR count). The van der Waals surface area contributed by atoms with Crippen molar-refractivity contribution < 1.29 is 13.9 Å². The molecule has 4 aromatic rings. The summed E-state index contributed by atoms with van der Waals surface area (Å²) in [4.78, 5) is 51.9. The van der Waals surface area contributed by atoms with Crippen LogP contribution in [0.2, 0.25) is 0 Å². The third-order valence-corrected chi connectivity index (χ3v) is 5.44. The summed E-state index contributed by atoms with van der Waals surface area (Å²) in [6, 6.07) is 10.8. The maximum Gasteiger partial charge on any atom is 0.333 e. The van der Waals surface area contributed by atoms with Gasteiger partial charge in [-0.05, 0) is 43.7 Å². The van der Waals surface area contributed by atoms with Gasteiger partial charge < -0.3 is 10.1 Å². The van der Waals surface area contributed by atoms with E-state index < -0.39 is 22.6 Å². The molecule has 34 heavy (non-hydrogen) atoms. The predicted molar refractivity (Wildman–Crippen MR) is 126 cm³/mol. The monoisotopic (exact) mass is 464 g/mol. The molecule has 9 nitrogen and oxygen atoms in total. The second kappa shape index (κ2) is 8.81. The van der Waals surface area contributed by atoms with Gasteiger partial charge >= 0.3 is 5.69 Å². The number of nitrogens with zero attached hydrogens (tertiary/aromatic N) is 2. The zero-order valence-corrected chi connectivity index (χ0v) is 18.6. The first-order valence-corrected chi connectivity index (χ1v) is 10.3. The van der Waals surface area contributed by atoms with Gasteiger partial charge in [0.2, 0.25) is 0 Å². The van der Waals surface area contributed by atoms with Gasteiger partial charge in [0, 0.05) is 18.7 Å². The molecular formula is C24H21FN4O5. The molecule has 0 bridgehead atoms. The molecule has 2 aromatic carbocycles. The normalized spacial score (nSPS) is 10.9. The van der Waals surface area contributed by atoms with Crippen LogP contribution in [0.3, 0.4) is 0 Å². The molecule has 0 aliphatic heterocycles. The molecule has 0 saturated heterocycles. The zero-order chi connectivity index (χ0) is 24.6. The number of hydrogen-bond acceptors (Lipinski definition) is 6. The molecule has 2 N–H and O–H groups in total. The van der Waals surface area contributed by atoms with Crippen LogP contribution in [0.5, 0.6) is 5.75 Å². The molecule has 10 heteroatoms. The van der Waals surface area contributed by atoms with Crippen molar-refractivity contribution in [3.05, 3.63) is 90.6 Å². The molecule has 0 aliphatic rings. The van der Waals surface area contributed by atoms with E-state index in [4.69, 9.17) is 4.74 Å². The van der Waals surface area contributed by atoms with Crippen LogP contribution in [0.25, 0.3) is 16.6 Å². The summed E-state index contributed by atoms with van der Waals surface area (Å²) in [5.74, 6) is -0.222. The molecule has 0 unspecified atom stereocenters. The first-order valence-electron chi connectivity index (χ1n) is 10.3. The van der Waals surface area contributed by atoms with Crippen molar-refractivity contribution >= 4 is 28.7 Å². The molecule has 0 amide bonds. The number of hydrogen-bond donors (Lipinski definition) is 2. The summed E-state index contributed by atoms with van der Waals surface area (Å²) >= 11 is 0. The Kier molecular flexibility index (Phi) is 5.89. The molecule has 2 aromatic heterocycles. The highest BCUT2D eigenvalue weighted by atomic mass is 19.1. The van der Waals surface area contributed by atoms with Crippen molar-refractivity contribution in [3.63, 3.8) is 0 Å². The van der Waals surface area contributed by atoms with Gasteiger partial charge in [-0.15, -0.1) is 0 Å². The van der Waals surface area contributed by atoms with Crippen LogP contribution in [0.4, 0.5) is 15.9 Å². The molecule has 0 saturated carbocycles. The number of pyridine rings is 1. The van der Waals surface area contributed by atoms with Gasteiger partial charge in [0.05, 0.1) is 16.9 Å². The number of carbonyl (C=O) groups is 1. The molecule has 0 aliphatic carbocycles. The second-order valence-corrected chi connectivity index (χ2v) is 7.74. The Morgan fingerprint density at radius 2 is 1.88 bits per heavy atom. The number of anilines is 2. The van der Waals surface area contributed by atoms with E-state index in [2.05, 4.69) is 10.3 Å². The largest absolute Gasteiger partial charge is 0.486 e. The van der Waals surface area contributed by atoms with E-state index in [1.165, 1.54) is 41.3 Å². The molecule has 0 fully saturated rings. The second-order valence-electron chi connectivity index (χ2n) is 7.74. The number of H-pyrrole nitrogens is 1. The Hall–Kier alpha value is -4.47. The van der Waals surface area contributed by atoms with Crippen molar-refractivity contribution in [1.82, 2.24) is 14.1 Å². The minimum Gasteiger partial charge on any atom is -0.486 e. The summed E-state index contributed by atoms with van der Waals surface area (Å²) in [6.07, 6.45) is 0.588. The van der Waals surface area contributed by atoms with E-state index in [-0.39, 0.29) is 34.6 Å². The smallest absolute Gasteiger partial charge is 0.333 e. The van der Waals surface area contributed by atoms with Gasteiger partial charge in [-0.1, -0.05) is 12.1 Å². The molecule has 2 heterocycles. The first-order chi connectivity index (χ1) is 16.2. The fourth-order valence-electron chi connectivity index (χ4n) is 3.82. The van der Waals surface area contributed by atoms with Crippen LogP contribution < -0.4 is 26.9 Å². The summed E-state index contributed by atoms with van der Waals surface area (Å²) in [6.45, 7) is 3.06. The van der Waals surface area contributed by atoms with Gasteiger partial charge in [-0.25, -0.2) is 9.18 Å². The number of benzene rings is 2. The van der Waals surface area contributed by atoms with Gasteiger partial charge in [-0.2, -0.15) is 0 Å². The lowest BCUT2D eigenvalue weighted by molar-refractivity contribution is -0.109. The third kappa shape index (κ3) is 3.90. The Morgan fingerprint density at radius 1 is 1.12 bits per heavy atom. The minimum absolute atomic E-state index is 0.00149. The van der Waals surface area contributed by atoms with Crippen LogP contribution >= 0.6 is 0 Å². The molecule has 0 spiro atoms. The topological polar surface area (TPSA) is 115 Å². The fraction of sp³-hybridized carbons (Fsp3) is 0.167. The van der Waals surface area contributed by atoms with Crippen molar-refractivity contribution in [2.24, 2.45) is 7.05 Å². The molecule has 0 radical (unpaired) electrons.